The maximum Gasteiger partial charge on any atom is 0.336 e. The third kappa shape index (κ3) is 1.88. The molecule has 0 amide bonds. The number of carbonyl (C=O) groups is 1. The molecule has 1 heterocycles. The predicted molar refractivity (Wildman–Crippen MR) is 67.5 cm³/mol. The number of hydrogen-bond donors (Lipinski definition) is 1. The summed E-state index contributed by atoms with van der Waals surface area (Å²) in [6.07, 6.45) is 0. The lowest BCUT2D eigenvalue weighted by atomic mass is 9.96. The quantitative estimate of drug-likeness (QED) is 0.859. The molecule has 0 radical (unpaired) electrons. The summed E-state index contributed by atoms with van der Waals surface area (Å²) in [4.78, 5) is 15.9. The summed E-state index contributed by atoms with van der Waals surface area (Å²) >= 11 is 0. The molecule has 0 aliphatic rings. The Morgan fingerprint density at radius 1 is 1.29 bits per heavy atom. The number of para-hydroxylation sites is 1. The van der Waals surface area contributed by atoms with E-state index in [1.807, 2.05) is 45.0 Å². The van der Waals surface area contributed by atoms with Gasteiger partial charge < -0.3 is 5.11 Å². The van der Waals surface area contributed by atoms with Crippen molar-refractivity contribution in [1.82, 2.24) is 4.98 Å². The minimum atomic E-state index is -0.886. The Balaban J connectivity index is 2.90. The van der Waals surface area contributed by atoms with E-state index in [1.165, 1.54) is 0 Å². The average molecular weight is 229 g/mol. The Morgan fingerprint density at radius 2 is 1.94 bits per heavy atom. The van der Waals surface area contributed by atoms with Crippen LogP contribution >= 0.6 is 0 Å². The van der Waals surface area contributed by atoms with E-state index in [4.69, 9.17) is 0 Å². The molecule has 0 bridgehead atoms. The van der Waals surface area contributed by atoms with Crippen LogP contribution in [0.1, 0.15) is 41.4 Å². The van der Waals surface area contributed by atoms with Crippen molar-refractivity contribution < 1.29 is 9.90 Å². The van der Waals surface area contributed by atoms with Crippen LogP contribution < -0.4 is 0 Å². The van der Waals surface area contributed by atoms with Gasteiger partial charge in [0.25, 0.3) is 0 Å². The molecule has 0 fully saturated rings. The van der Waals surface area contributed by atoms with Gasteiger partial charge in [0.2, 0.25) is 0 Å². The summed E-state index contributed by atoms with van der Waals surface area (Å²) < 4.78 is 0. The van der Waals surface area contributed by atoms with Crippen LogP contribution in [0.3, 0.4) is 0 Å². The summed E-state index contributed by atoms with van der Waals surface area (Å²) in [7, 11) is 0. The fourth-order valence-electron chi connectivity index (χ4n) is 2.16. The Morgan fingerprint density at radius 3 is 2.53 bits per heavy atom. The van der Waals surface area contributed by atoms with E-state index in [1.54, 1.807) is 0 Å². The molecule has 3 heteroatoms. The molecule has 2 aromatic rings. The first kappa shape index (κ1) is 11.6. The second-order valence-electron chi connectivity index (χ2n) is 4.47. The second-order valence-corrected chi connectivity index (χ2v) is 4.47. The molecule has 0 saturated carbocycles. The number of hydrogen-bond acceptors (Lipinski definition) is 2. The van der Waals surface area contributed by atoms with Gasteiger partial charge in [-0.3, -0.25) is 4.98 Å². The molecule has 0 atom stereocenters. The van der Waals surface area contributed by atoms with Crippen LogP contribution in [0.15, 0.2) is 24.3 Å². The van der Waals surface area contributed by atoms with Crippen molar-refractivity contribution in [3.8, 4) is 0 Å². The van der Waals surface area contributed by atoms with Crippen molar-refractivity contribution in [1.29, 1.82) is 0 Å². The van der Waals surface area contributed by atoms with Gasteiger partial charge in [-0.2, -0.15) is 0 Å². The monoisotopic (exact) mass is 229 g/mol. The molecule has 1 aromatic carbocycles. The minimum Gasteiger partial charge on any atom is -0.478 e. The van der Waals surface area contributed by atoms with E-state index in [2.05, 4.69) is 4.98 Å². The summed E-state index contributed by atoms with van der Waals surface area (Å²) in [5.74, 6) is -0.666. The number of carboxylic acid groups (broad SMARTS) is 1. The lowest BCUT2D eigenvalue weighted by molar-refractivity contribution is 0.0698. The zero-order chi connectivity index (χ0) is 12.6. The molecule has 0 saturated heterocycles. The number of carboxylic acids is 1. The fourth-order valence-corrected chi connectivity index (χ4v) is 2.16. The minimum absolute atomic E-state index is 0.220. The molecule has 0 spiro atoms. The van der Waals surface area contributed by atoms with Gasteiger partial charge in [-0.05, 0) is 24.5 Å². The lowest BCUT2D eigenvalue weighted by Crippen LogP contribution is -2.07. The Hall–Kier alpha value is -1.90. The van der Waals surface area contributed by atoms with Crippen LogP contribution in [0.5, 0.6) is 0 Å². The summed E-state index contributed by atoms with van der Waals surface area (Å²) in [6, 6.07) is 7.38. The van der Waals surface area contributed by atoms with Gasteiger partial charge in [-0.25, -0.2) is 4.79 Å². The highest BCUT2D eigenvalue weighted by atomic mass is 16.4. The van der Waals surface area contributed by atoms with Gasteiger partial charge >= 0.3 is 5.97 Å². The molecule has 1 aromatic heterocycles. The highest BCUT2D eigenvalue weighted by molar-refractivity contribution is 6.04. The Bertz CT molecular complexity index is 588. The van der Waals surface area contributed by atoms with Crippen molar-refractivity contribution in [2.45, 2.75) is 26.7 Å². The van der Waals surface area contributed by atoms with E-state index in [0.717, 1.165) is 16.8 Å². The number of aromatic nitrogens is 1. The molecule has 0 unspecified atom stereocenters. The summed E-state index contributed by atoms with van der Waals surface area (Å²) in [5.41, 5.74) is 2.76. The first-order valence-corrected chi connectivity index (χ1v) is 5.65. The van der Waals surface area contributed by atoms with Crippen molar-refractivity contribution in [2.24, 2.45) is 0 Å². The zero-order valence-corrected chi connectivity index (χ0v) is 10.2. The van der Waals surface area contributed by atoms with Crippen LogP contribution in [0.2, 0.25) is 0 Å². The van der Waals surface area contributed by atoms with Crippen LogP contribution in [0.25, 0.3) is 10.9 Å². The normalized spacial score (nSPS) is 11.1. The molecule has 0 aliphatic heterocycles. The third-order valence-corrected chi connectivity index (χ3v) is 2.93. The van der Waals surface area contributed by atoms with Crippen molar-refractivity contribution >= 4 is 16.9 Å². The largest absolute Gasteiger partial charge is 0.478 e. The van der Waals surface area contributed by atoms with E-state index >= 15 is 0 Å². The summed E-state index contributed by atoms with van der Waals surface area (Å²) in [6.45, 7) is 5.88. The predicted octanol–water partition coefficient (Wildman–Crippen LogP) is 3.36. The summed E-state index contributed by atoms with van der Waals surface area (Å²) in [5, 5.41) is 10.1. The highest BCUT2D eigenvalue weighted by Crippen LogP contribution is 2.26. The van der Waals surface area contributed by atoms with Crippen LogP contribution in [-0.4, -0.2) is 16.1 Å². The maximum absolute atomic E-state index is 11.4. The first-order valence-electron chi connectivity index (χ1n) is 5.65. The zero-order valence-electron chi connectivity index (χ0n) is 10.2. The number of rotatable bonds is 2. The molecule has 0 aliphatic carbocycles. The van der Waals surface area contributed by atoms with Gasteiger partial charge in [0.05, 0.1) is 11.1 Å². The van der Waals surface area contributed by atoms with Gasteiger partial charge in [0.1, 0.15) is 0 Å². The van der Waals surface area contributed by atoms with Crippen molar-refractivity contribution in [3.63, 3.8) is 0 Å². The second kappa shape index (κ2) is 4.17. The molecular weight excluding hydrogens is 214 g/mol. The number of fused-ring (bicyclic) bond motifs is 1. The third-order valence-electron chi connectivity index (χ3n) is 2.93. The molecule has 17 heavy (non-hydrogen) atoms. The number of benzene rings is 1. The average Bonchev–Trinajstić information content (AvgIpc) is 2.27. The van der Waals surface area contributed by atoms with Crippen molar-refractivity contribution in [2.75, 3.05) is 0 Å². The Labute approximate surface area is 100 Å². The van der Waals surface area contributed by atoms with E-state index in [9.17, 15) is 9.90 Å². The number of aromatic carboxylic acids is 1. The van der Waals surface area contributed by atoms with Gasteiger partial charge in [0.15, 0.2) is 0 Å². The fraction of sp³-hybridized carbons (Fsp3) is 0.286. The van der Waals surface area contributed by atoms with Crippen LogP contribution in [0, 0.1) is 6.92 Å². The molecule has 1 N–H and O–H groups in total. The lowest BCUT2D eigenvalue weighted by Gasteiger charge is -2.13. The highest BCUT2D eigenvalue weighted by Gasteiger charge is 2.18. The SMILES string of the molecule is Cc1c(C(C)C)nc2ccccc2c1C(=O)O. The van der Waals surface area contributed by atoms with Crippen LogP contribution in [-0.2, 0) is 0 Å². The van der Waals surface area contributed by atoms with Gasteiger partial charge in [-0.1, -0.05) is 32.0 Å². The standard InChI is InChI=1S/C14H15NO2/c1-8(2)13-9(3)12(14(16)17)10-6-4-5-7-11(10)15-13/h4-8H,1-3H3,(H,16,17). The smallest absolute Gasteiger partial charge is 0.336 e. The molecular formula is C14H15NO2. The van der Waals surface area contributed by atoms with E-state index in [-0.39, 0.29) is 5.92 Å². The Kier molecular flexibility index (Phi) is 2.84. The topological polar surface area (TPSA) is 50.2 Å². The van der Waals surface area contributed by atoms with Gasteiger partial charge in [-0.15, -0.1) is 0 Å². The first-order chi connectivity index (χ1) is 8.02. The number of nitrogens with zero attached hydrogens (tertiary/aromatic N) is 1. The van der Waals surface area contributed by atoms with Crippen LogP contribution in [0.4, 0.5) is 0 Å². The van der Waals surface area contributed by atoms with Gasteiger partial charge in [0, 0.05) is 11.1 Å². The van der Waals surface area contributed by atoms with E-state index in [0.29, 0.717) is 10.9 Å². The molecule has 2 rings (SSSR count). The van der Waals surface area contributed by atoms with E-state index < -0.39 is 5.97 Å². The molecule has 3 nitrogen and oxygen atoms in total. The molecule has 88 valence electrons. The van der Waals surface area contributed by atoms with Crippen molar-refractivity contribution in [3.05, 3.63) is 41.1 Å². The maximum atomic E-state index is 11.4. The number of pyridine rings is 1.